The van der Waals surface area contributed by atoms with E-state index >= 15 is 0 Å². The van der Waals surface area contributed by atoms with Crippen LogP contribution in [0.3, 0.4) is 0 Å². The van der Waals surface area contributed by atoms with Crippen molar-refractivity contribution in [1.82, 2.24) is 14.5 Å². The zero-order valence-corrected chi connectivity index (χ0v) is 13.7. The average Bonchev–Trinajstić information content (AvgIpc) is 2.42. The van der Waals surface area contributed by atoms with Crippen molar-refractivity contribution in [2.75, 3.05) is 44.4 Å². The molecule has 2 N–H and O–H groups in total. The molecule has 0 spiro atoms. The first-order chi connectivity index (χ1) is 9.75. The summed E-state index contributed by atoms with van der Waals surface area (Å²) < 4.78 is 24.1. The largest absolute Gasteiger partial charge is 0.480 e. The molecule has 122 valence electrons. The van der Waals surface area contributed by atoms with Crippen molar-refractivity contribution in [2.45, 2.75) is 12.5 Å². The number of thioether (sulfide) groups is 1. The van der Waals surface area contributed by atoms with Gasteiger partial charge in [-0.3, -0.25) is 0 Å². The van der Waals surface area contributed by atoms with Crippen molar-refractivity contribution >= 4 is 33.8 Å². The SMILES string of the molecule is CSCC[C@@H](NC(=O)N1CCN(S(C)(=O)=O)CC1)C(=O)O. The minimum Gasteiger partial charge on any atom is -0.480 e. The van der Waals surface area contributed by atoms with Crippen LogP contribution < -0.4 is 5.32 Å². The third-order valence-corrected chi connectivity index (χ3v) is 5.15. The van der Waals surface area contributed by atoms with Crippen LogP contribution in [0.5, 0.6) is 0 Å². The van der Waals surface area contributed by atoms with Crippen LogP contribution in [0.15, 0.2) is 0 Å². The Morgan fingerprint density at radius 3 is 2.29 bits per heavy atom. The van der Waals surface area contributed by atoms with Crippen LogP contribution in [0.1, 0.15) is 6.42 Å². The van der Waals surface area contributed by atoms with Gasteiger partial charge in [0.15, 0.2) is 0 Å². The van der Waals surface area contributed by atoms with E-state index in [2.05, 4.69) is 5.32 Å². The molecule has 1 heterocycles. The highest BCUT2D eigenvalue weighted by Gasteiger charge is 2.28. The molecule has 0 radical (unpaired) electrons. The minimum atomic E-state index is -3.25. The van der Waals surface area contributed by atoms with E-state index in [9.17, 15) is 18.0 Å². The predicted molar refractivity (Wildman–Crippen MR) is 80.9 cm³/mol. The molecule has 0 aliphatic carbocycles. The maximum Gasteiger partial charge on any atom is 0.326 e. The van der Waals surface area contributed by atoms with Gasteiger partial charge in [0.1, 0.15) is 6.04 Å². The number of carbonyl (C=O) groups excluding carboxylic acids is 1. The molecule has 0 aromatic carbocycles. The molecule has 1 saturated heterocycles. The molecule has 0 saturated carbocycles. The summed E-state index contributed by atoms with van der Waals surface area (Å²) >= 11 is 1.51. The van der Waals surface area contributed by atoms with Gasteiger partial charge < -0.3 is 15.3 Å². The average molecular weight is 339 g/mol. The Kier molecular flexibility index (Phi) is 6.75. The zero-order valence-electron chi connectivity index (χ0n) is 12.1. The Morgan fingerprint density at radius 1 is 1.29 bits per heavy atom. The molecular formula is C11H21N3O5S2. The van der Waals surface area contributed by atoms with Gasteiger partial charge in [-0.15, -0.1) is 0 Å². The lowest BCUT2D eigenvalue weighted by atomic mass is 10.2. The Balaban J connectivity index is 2.51. The van der Waals surface area contributed by atoms with E-state index in [1.807, 2.05) is 6.26 Å². The first-order valence-corrected chi connectivity index (χ1v) is 9.72. The summed E-state index contributed by atoms with van der Waals surface area (Å²) in [6, 6.07) is -1.38. The van der Waals surface area contributed by atoms with Crippen LogP contribution >= 0.6 is 11.8 Å². The van der Waals surface area contributed by atoms with Gasteiger partial charge in [-0.25, -0.2) is 18.0 Å². The second kappa shape index (κ2) is 7.85. The van der Waals surface area contributed by atoms with Gasteiger partial charge >= 0.3 is 12.0 Å². The lowest BCUT2D eigenvalue weighted by Crippen LogP contribution is -2.55. The van der Waals surface area contributed by atoms with Gasteiger partial charge in [-0.2, -0.15) is 16.1 Å². The van der Waals surface area contributed by atoms with Crippen molar-refractivity contribution in [1.29, 1.82) is 0 Å². The number of hydrogen-bond acceptors (Lipinski definition) is 5. The standard InChI is InChI=1S/C11H21N3O5S2/c1-20-8-3-9(10(15)16)12-11(17)13-4-6-14(7-5-13)21(2,18)19/h9H,3-8H2,1-2H3,(H,12,17)(H,15,16)/t9-/m1/s1. The number of nitrogens with zero attached hydrogens (tertiary/aromatic N) is 2. The quantitative estimate of drug-likeness (QED) is 0.674. The summed E-state index contributed by atoms with van der Waals surface area (Å²) in [5.41, 5.74) is 0. The van der Waals surface area contributed by atoms with Crippen molar-refractivity contribution in [3.05, 3.63) is 0 Å². The predicted octanol–water partition coefficient (Wildman–Crippen LogP) is -0.520. The van der Waals surface area contributed by atoms with Crippen LogP contribution in [0, 0.1) is 0 Å². The van der Waals surface area contributed by atoms with E-state index in [0.717, 1.165) is 6.26 Å². The van der Waals surface area contributed by atoms with Crippen LogP contribution in [0.4, 0.5) is 4.79 Å². The van der Waals surface area contributed by atoms with E-state index in [1.54, 1.807) is 0 Å². The van der Waals surface area contributed by atoms with E-state index in [1.165, 1.54) is 21.0 Å². The molecule has 1 aliphatic heterocycles. The topological polar surface area (TPSA) is 107 Å². The van der Waals surface area contributed by atoms with Gasteiger partial charge in [0, 0.05) is 26.2 Å². The number of aliphatic carboxylic acids is 1. The van der Waals surface area contributed by atoms with E-state index in [-0.39, 0.29) is 26.2 Å². The number of rotatable bonds is 6. The van der Waals surface area contributed by atoms with Crippen molar-refractivity contribution in [2.24, 2.45) is 0 Å². The Morgan fingerprint density at radius 2 is 1.86 bits per heavy atom. The number of amides is 2. The van der Waals surface area contributed by atoms with E-state index in [0.29, 0.717) is 12.2 Å². The fourth-order valence-electron chi connectivity index (χ4n) is 1.96. The molecule has 0 unspecified atom stereocenters. The van der Waals surface area contributed by atoms with Crippen molar-refractivity contribution in [3.8, 4) is 0 Å². The number of sulfonamides is 1. The number of carboxylic acids is 1. The molecule has 0 aromatic heterocycles. The first kappa shape index (κ1) is 18.1. The zero-order chi connectivity index (χ0) is 16.0. The number of nitrogens with one attached hydrogen (secondary N) is 1. The number of piperazine rings is 1. The second-order valence-corrected chi connectivity index (χ2v) is 7.74. The van der Waals surface area contributed by atoms with Gasteiger partial charge in [0.2, 0.25) is 10.0 Å². The Hall–Kier alpha value is -1.00. The van der Waals surface area contributed by atoms with Crippen LogP contribution in [-0.2, 0) is 14.8 Å². The summed E-state index contributed by atoms with van der Waals surface area (Å²) in [5.74, 6) is -0.425. The maximum absolute atomic E-state index is 12.0. The minimum absolute atomic E-state index is 0.231. The highest BCUT2D eigenvalue weighted by atomic mass is 32.2. The molecule has 1 atom stereocenters. The molecule has 8 nitrogen and oxygen atoms in total. The smallest absolute Gasteiger partial charge is 0.326 e. The monoisotopic (exact) mass is 339 g/mol. The first-order valence-electron chi connectivity index (χ1n) is 6.48. The molecule has 2 amide bonds. The molecular weight excluding hydrogens is 318 g/mol. The highest BCUT2D eigenvalue weighted by molar-refractivity contribution is 7.98. The molecule has 1 rings (SSSR count). The lowest BCUT2D eigenvalue weighted by molar-refractivity contribution is -0.139. The normalized spacial score (nSPS) is 18.3. The van der Waals surface area contributed by atoms with Crippen LogP contribution in [-0.4, -0.2) is 85.2 Å². The Labute approximate surface area is 128 Å². The number of hydrogen-bond donors (Lipinski definition) is 2. The lowest BCUT2D eigenvalue weighted by Gasteiger charge is -2.33. The van der Waals surface area contributed by atoms with Crippen LogP contribution in [0.25, 0.3) is 0 Å². The summed E-state index contributed by atoms with van der Waals surface area (Å²) in [7, 11) is -3.25. The third kappa shape index (κ3) is 5.71. The second-order valence-electron chi connectivity index (χ2n) is 4.77. The molecule has 1 fully saturated rings. The van der Waals surface area contributed by atoms with Gasteiger partial charge in [-0.1, -0.05) is 0 Å². The fourth-order valence-corrected chi connectivity index (χ4v) is 3.25. The maximum atomic E-state index is 12.0. The van der Waals surface area contributed by atoms with Gasteiger partial charge in [0.05, 0.1) is 6.26 Å². The number of carboxylic acid groups (broad SMARTS) is 1. The Bertz CT molecular complexity index is 474. The number of carbonyl (C=O) groups is 2. The van der Waals surface area contributed by atoms with Crippen molar-refractivity contribution in [3.63, 3.8) is 0 Å². The molecule has 21 heavy (non-hydrogen) atoms. The van der Waals surface area contributed by atoms with E-state index < -0.39 is 28.1 Å². The van der Waals surface area contributed by atoms with Crippen LogP contribution in [0.2, 0.25) is 0 Å². The highest BCUT2D eigenvalue weighted by Crippen LogP contribution is 2.07. The molecule has 0 aromatic rings. The summed E-state index contributed by atoms with van der Waals surface area (Å²) in [4.78, 5) is 24.5. The molecule has 0 bridgehead atoms. The molecule has 1 aliphatic rings. The summed E-state index contributed by atoms with van der Waals surface area (Å²) in [5, 5.41) is 11.5. The summed E-state index contributed by atoms with van der Waals surface area (Å²) in [6.07, 6.45) is 3.35. The fraction of sp³-hybridized carbons (Fsp3) is 0.818. The number of urea groups is 1. The molecule has 10 heteroatoms. The third-order valence-electron chi connectivity index (χ3n) is 3.20. The summed E-state index contributed by atoms with van der Waals surface area (Å²) in [6.45, 7) is 0.977. The van der Waals surface area contributed by atoms with E-state index in [4.69, 9.17) is 5.11 Å². The van der Waals surface area contributed by atoms with Gasteiger partial charge in [0.25, 0.3) is 0 Å². The van der Waals surface area contributed by atoms with Gasteiger partial charge in [-0.05, 0) is 18.4 Å². The van der Waals surface area contributed by atoms with Crippen molar-refractivity contribution < 1.29 is 23.1 Å².